The summed E-state index contributed by atoms with van der Waals surface area (Å²) in [5.41, 5.74) is 1.59. The quantitative estimate of drug-likeness (QED) is 0.700. The van der Waals surface area contributed by atoms with Crippen molar-refractivity contribution in [2.24, 2.45) is 0 Å². The molecule has 27 heavy (non-hydrogen) atoms. The first kappa shape index (κ1) is 20.1. The molecule has 5 nitrogen and oxygen atoms in total. The van der Waals surface area contributed by atoms with Crippen molar-refractivity contribution in [1.29, 1.82) is 0 Å². The smallest absolute Gasteiger partial charge is 0.254 e. The zero-order chi connectivity index (χ0) is 19.1. The van der Waals surface area contributed by atoms with Gasteiger partial charge in [0.1, 0.15) is 0 Å². The van der Waals surface area contributed by atoms with Crippen LogP contribution in [0, 0.1) is 0 Å². The second-order valence-corrected chi connectivity index (χ2v) is 7.33. The van der Waals surface area contributed by atoms with Gasteiger partial charge in [-0.05, 0) is 42.3 Å². The van der Waals surface area contributed by atoms with Crippen LogP contribution >= 0.6 is 23.2 Å². The molecule has 0 unspecified atom stereocenters. The predicted molar refractivity (Wildman–Crippen MR) is 107 cm³/mol. The summed E-state index contributed by atoms with van der Waals surface area (Å²) < 4.78 is 5.39. The van der Waals surface area contributed by atoms with Crippen molar-refractivity contribution in [2.45, 2.75) is 13.0 Å². The molecule has 0 saturated carbocycles. The summed E-state index contributed by atoms with van der Waals surface area (Å²) in [5, 5.41) is 0.834. The number of carbonyl (C=O) groups excluding carboxylic acids is 1. The molecule has 1 fully saturated rings. The van der Waals surface area contributed by atoms with E-state index < -0.39 is 0 Å². The second kappa shape index (κ2) is 10.0. The highest BCUT2D eigenvalue weighted by Crippen LogP contribution is 2.23. The van der Waals surface area contributed by atoms with E-state index in [-0.39, 0.29) is 5.91 Å². The zero-order valence-electron chi connectivity index (χ0n) is 15.1. The Labute approximate surface area is 169 Å². The summed E-state index contributed by atoms with van der Waals surface area (Å²) in [7, 11) is 0. The van der Waals surface area contributed by atoms with Gasteiger partial charge in [0.05, 0.1) is 23.3 Å². The van der Waals surface area contributed by atoms with Crippen LogP contribution in [0.15, 0.2) is 42.7 Å². The van der Waals surface area contributed by atoms with Crippen molar-refractivity contribution >= 4 is 29.1 Å². The lowest BCUT2D eigenvalue weighted by atomic mass is 10.1. The predicted octanol–water partition coefficient (Wildman–Crippen LogP) is 3.75. The molecule has 3 rings (SSSR count). The Kier molecular flexibility index (Phi) is 7.47. The van der Waals surface area contributed by atoms with E-state index in [1.54, 1.807) is 30.6 Å². The number of benzene rings is 1. The van der Waals surface area contributed by atoms with E-state index in [2.05, 4.69) is 9.88 Å². The van der Waals surface area contributed by atoms with Crippen LogP contribution in [0.3, 0.4) is 0 Å². The highest BCUT2D eigenvalue weighted by Gasteiger charge is 2.18. The van der Waals surface area contributed by atoms with Crippen molar-refractivity contribution in [3.05, 3.63) is 63.9 Å². The number of nitrogens with zero attached hydrogens (tertiary/aromatic N) is 3. The number of pyridine rings is 1. The minimum Gasteiger partial charge on any atom is -0.379 e. The van der Waals surface area contributed by atoms with E-state index in [0.29, 0.717) is 28.7 Å². The summed E-state index contributed by atoms with van der Waals surface area (Å²) in [6, 6.07) is 8.87. The number of carbonyl (C=O) groups is 1. The fourth-order valence-corrected chi connectivity index (χ4v) is 3.38. The maximum Gasteiger partial charge on any atom is 0.254 e. The van der Waals surface area contributed by atoms with Gasteiger partial charge in [0.2, 0.25) is 0 Å². The molecule has 1 saturated heterocycles. The third-order valence-electron chi connectivity index (χ3n) is 4.58. The van der Waals surface area contributed by atoms with E-state index in [9.17, 15) is 4.79 Å². The number of halogens is 2. The molecule has 0 bridgehead atoms. The molecule has 0 aliphatic carbocycles. The summed E-state index contributed by atoms with van der Waals surface area (Å²) in [5.74, 6) is -0.0487. The SMILES string of the molecule is O=C(c1ccc(Cl)c(Cl)c1)N(CCCN1CCOCC1)Cc1ccncc1. The van der Waals surface area contributed by atoms with Crippen LogP contribution in [0.2, 0.25) is 10.0 Å². The van der Waals surface area contributed by atoms with E-state index in [4.69, 9.17) is 27.9 Å². The van der Waals surface area contributed by atoms with Gasteiger partial charge in [-0.2, -0.15) is 0 Å². The van der Waals surface area contributed by atoms with Crippen LogP contribution < -0.4 is 0 Å². The standard InChI is InChI=1S/C20H23Cl2N3O2/c21-18-3-2-17(14-19(18)22)20(26)25(15-16-4-6-23-7-5-16)9-1-8-24-10-12-27-13-11-24/h2-7,14H,1,8-13,15H2. The largest absolute Gasteiger partial charge is 0.379 e. The first-order valence-corrected chi connectivity index (χ1v) is 9.82. The molecule has 1 aromatic carbocycles. The number of hydrogen-bond donors (Lipinski definition) is 0. The van der Waals surface area contributed by atoms with Crippen molar-refractivity contribution in [2.75, 3.05) is 39.4 Å². The topological polar surface area (TPSA) is 45.7 Å². The van der Waals surface area contributed by atoms with Crippen LogP contribution in [-0.2, 0) is 11.3 Å². The maximum atomic E-state index is 13.1. The highest BCUT2D eigenvalue weighted by atomic mass is 35.5. The highest BCUT2D eigenvalue weighted by molar-refractivity contribution is 6.42. The van der Waals surface area contributed by atoms with Gasteiger partial charge in [0.15, 0.2) is 0 Å². The molecule has 0 spiro atoms. The molecule has 1 aliphatic rings. The van der Waals surface area contributed by atoms with E-state index in [1.165, 1.54) is 0 Å². The van der Waals surface area contributed by atoms with Crippen LogP contribution in [0.1, 0.15) is 22.3 Å². The van der Waals surface area contributed by atoms with Crippen LogP contribution in [0.25, 0.3) is 0 Å². The van der Waals surface area contributed by atoms with Gasteiger partial charge in [-0.1, -0.05) is 23.2 Å². The third-order valence-corrected chi connectivity index (χ3v) is 5.32. The lowest BCUT2D eigenvalue weighted by Gasteiger charge is -2.28. The molecule has 1 aromatic heterocycles. The summed E-state index contributed by atoms with van der Waals surface area (Å²) in [6.45, 7) is 5.61. The van der Waals surface area contributed by atoms with Crippen LogP contribution in [0.5, 0.6) is 0 Å². The van der Waals surface area contributed by atoms with Crippen molar-refractivity contribution in [1.82, 2.24) is 14.8 Å². The molecule has 7 heteroatoms. The van der Waals surface area contributed by atoms with Crippen molar-refractivity contribution in [3.63, 3.8) is 0 Å². The van der Waals surface area contributed by atoms with E-state index >= 15 is 0 Å². The molecular weight excluding hydrogens is 385 g/mol. The number of morpholine rings is 1. The van der Waals surface area contributed by atoms with Gasteiger partial charge >= 0.3 is 0 Å². The van der Waals surface area contributed by atoms with Gasteiger partial charge in [-0.15, -0.1) is 0 Å². The zero-order valence-corrected chi connectivity index (χ0v) is 16.6. The minimum atomic E-state index is -0.0487. The summed E-state index contributed by atoms with van der Waals surface area (Å²) in [6.07, 6.45) is 4.38. The Morgan fingerprint density at radius 3 is 2.56 bits per heavy atom. The molecule has 1 aliphatic heterocycles. The Morgan fingerprint density at radius 2 is 1.85 bits per heavy atom. The fourth-order valence-electron chi connectivity index (χ4n) is 3.08. The van der Waals surface area contributed by atoms with Gasteiger partial charge in [0.25, 0.3) is 5.91 Å². The summed E-state index contributed by atoms with van der Waals surface area (Å²) >= 11 is 12.1. The van der Waals surface area contributed by atoms with Crippen molar-refractivity contribution < 1.29 is 9.53 Å². The molecule has 0 radical (unpaired) electrons. The fraction of sp³-hybridized carbons (Fsp3) is 0.400. The first-order valence-electron chi connectivity index (χ1n) is 9.07. The number of ether oxygens (including phenoxy) is 1. The molecule has 2 aromatic rings. The van der Waals surface area contributed by atoms with E-state index in [1.807, 2.05) is 17.0 Å². The average molecular weight is 408 g/mol. The number of aromatic nitrogens is 1. The lowest BCUT2D eigenvalue weighted by molar-refractivity contribution is 0.0355. The van der Waals surface area contributed by atoms with Crippen molar-refractivity contribution in [3.8, 4) is 0 Å². The second-order valence-electron chi connectivity index (χ2n) is 6.52. The number of amides is 1. The molecule has 0 atom stereocenters. The summed E-state index contributed by atoms with van der Waals surface area (Å²) in [4.78, 5) is 21.3. The Hall–Kier alpha value is -1.66. The Balaban J connectivity index is 1.68. The molecular formula is C20H23Cl2N3O2. The lowest BCUT2D eigenvalue weighted by Crippen LogP contribution is -2.39. The third kappa shape index (κ3) is 5.91. The Bertz CT molecular complexity index is 752. The number of rotatable bonds is 7. The van der Waals surface area contributed by atoms with Gasteiger partial charge in [-0.3, -0.25) is 14.7 Å². The normalized spacial score (nSPS) is 14.9. The monoisotopic (exact) mass is 407 g/mol. The Morgan fingerprint density at radius 1 is 1.11 bits per heavy atom. The molecule has 144 valence electrons. The maximum absolute atomic E-state index is 13.1. The van der Waals surface area contributed by atoms with Crippen LogP contribution in [-0.4, -0.2) is 60.1 Å². The minimum absolute atomic E-state index is 0.0487. The van der Waals surface area contributed by atoms with Gasteiger partial charge in [0, 0.05) is 50.7 Å². The average Bonchev–Trinajstić information content (AvgIpc) is 2.70. The first-order chi connectivity index (χ1) is 13.1. The van der Waals surface area contributed by atoms with Gasteiger partial charge < -0.3 is 9.64 Å². The van der Waals surface area contributed by atoms with Crippen LogP contribution in [0.4, 0.5) is 0 Å². The number of hydrogen-bond acceptors (Lipinski definition) is 4. The molecule has 2 heterocycles. The molecule has 1 amide bonds. The van der Waals surface area contributed by atoms with E-state index in [0.717, 1.165) is 44.8 Å². The molecule has 0 N–H and O–H groups in total. The van der Waals surface area contributed by atoms with Gasteiger partial charge in [-0.25, -0.2) is 0 Å².